The highest BCUT2D eigenvalue weighted by Crippen LogP contribution is 2.34. The van der Waals surface area contributed by atoms with E-state index in [4.69, 9.17) is 5.26 Å². The molecule has 2 heterocycles. The molecule has 0 unspecified atom stereocenters. The Hall–Kier alpha value is -2.45. The summed E-state index contributed by atoms with van der Waals surface area (Å²) in [6.07, 6.45) is 4.09. The van der Waals surface area contributed by atoms with Crippen LogP contribution in [0.25, 0.3) is 20.7 Å². The molecule has 0 saturated carbocycles. The van der Waals surface area contributed by atoms with Gasteiger partial charge in [0.1, 0.15) is 17.0 Å². The zero-order chi connectivity index (χ0) is 15.2. The van der Waals surface area contributed by atoms with E-state index in [0.29, 0.717) is 6.42 Å². The average molecular weight is 308 g/mol. The lowest BCUT2D eigenvalue weighted by molar-refractivity contribution is 0.783. The first-order valence-corrected chi connectivity index (χ1v) is 8.11. The number of anilines is 1. The topological polar surface area (TPSA) is 61.6 Å². The van der Waals surface area contributed by atoms with Crippen molar-refractivity contribution < 1.29 is 0 Å². The SMILES string of the molecule is N#CCCCCNc1ncnc2sc(-c3ccccc3)cc12. The number of benzene rings is 1. The van der Waals surface area contributed by atoms with Crippen LogP contribution < -0.4 is 5.32 Å². The molecule has 3 rings (SSSR count). The summed E-state index contributed by atoms with van der Waals surface area (Å²) in [6.45, 7) is 0.824. The van der Waals surface area contributed by atoms with Crippen molar-refractivity contribution in [3.63, 3.8) is 0 Å². The van der Waals surface area contributed by atoms with E-state index < -0.39 is 0 Å². The van der Waals surface area contributed by atoms with Crippen molar-refractivity contribution in [3.05, 3.63) is 42.7 Å². The fraction of sp³-hybridized carbons (Fsp3) is 0.235. The normalized spacial score (nSPS) is 10.5. The first-order valence-electron chi connectivity index (χ1n) is 7.29. The minimum atomic E-state index is 0.609. The van der Waals surface area contributed by atoms with Gasteiger partial charge < -0.3 is 5.32 Å². The van der Waals surface area contributed by atoms with Crippen molar-refractivity contribution in [2.75, 3.05) is 11.9 Å². The molecule has 0 aliphatic carbocycles. The van der Waals surface area contributed by atoms with Crippen LogP contribution in [0.4, 0.5) is 5.82 Å². The van der Waals surface area contributed by atoms with Gasteiger partial charge >= 0.3 is 0 Å². The van der Waals surface area contributed by atoms with Crippen molar-refractivity contribution in [3.8, 4) is 16.5 Å². The Bertz CT molecular complexity index is 789. The summed E-state index contributed by atoms with van der Waals surface area (Å²) >= 11 is 1.68. The Balaban J connectivity index is 1.80. The van der Waals surface area contributed by atoms with E-state index in [1.54, 1.807) is 17.7 Å². The second-order valence-electron chi connectivity index (χ2n) is 4.96. The standard InChI is InChI=1S/C17H16N4S/c18-9-5-2-6-10-19-16-14-11-15(13-7-3-1-4-8-13)22-17(14)21-12-20-16/h1,3-4,7-8,11-12H,2,5-6,10H2,(H,19,20,21). The molecule has 4 nitrogen and oxygen atoms in total. The van der Waals surface area contributed by atoms with Gasteiger partial charge in [0.15, 0.2) is 0 Å². The number of nitriles is 1. The van der Waals surface area contributed by atoms with Crippen molar-refractivity contribution in [2.24, 2.45) is 0 Å². The van der Waals surface area contributed by atoms with Gasteiger partial charge in [-0.2, -0.15) is 5.26 Å². The Kier molecular flexibility index (Phi) is 4.62. The Morgan fingerprint density at radius 1 is 1.14 bits per heavy atom. The van der Waals surface area contributed by atoms with Gasteiger partial charge in [0.2, 0.25) is 0 Å². The van der Waals surface area contributed by atoms with E-state index >= 15 is 0 Å². The average Bonchev–Trinajstić information content (AvgIpc) is 3.00. The van der Waals surface area contributed by atoms with Gasteiger partial charge in [-0.25, -0.2) is 9.97 Å². The second kappa shape index (κ2) is 7.01. The van der Waals surface area contributed by atoms with Crippen molar-refractivity contribution in [1.82, 2.24) is 9.97 Å². The summed E-state index contributed by atoms with van der Waals surface area (Å²) in [5, 5.41) is 13.0. The summed E-state index contributed by atoms with van der Waals surface area (Å²) in [4.78, 5) is 10.9. The predicted molar refractivity (Wildman–Crippen MR) is 90.8 cm³/mol. The third-order valence-corrected chi connectivity index (χ3v) is 4.49. The van der Waals surface area contributed by atoms with Crippen molar-refractivity contribution in [1.29, 1.82) is 5.26 Å². The molecule has 0 spiro atoms. The molecule has 22 heavy (non-hydrogen) atoms. The molecule has 0 atom stereocenters. The first kappa shape index (κ1) is 14.5. The number of rotatable bonds is 6. The smallest absolute Gasteiger partial charge is 0.138 e. The molecule has 0 fully saturated rings. The van der Waals surface area contributed by atoms with Crippen LogP contribution in [0, 0.1) is 11.3 Å². The highest BCUT2D eigenvalue weighted by molar-refractivity contribution is 7.21. The molecule has 0 aliphatic rings. The number of hydrogen-bond acceptors (Lipinski definition) is 5. The fourth-order valence-corrected chi connectivity index (χ4v) is 3.28. The van der Waals surface area contributed by atoms with Gasteiger partial charge in [-0.15, -0.1) is 11.3 Å². The van der Waals surface area contributed by atoms with Gasteiger partial charge in [0.25, 0.3) is 0 Å². The maximum atomic E-state index is 8.55. The summed E-state index contributed by atoms with van der Waals surface area (Å²) in [5.41, 5.74) is 1.20. The lowest BCUT2D eigenvalue weighted by Crippen LogP contribution is -2.03. The maximum Gasteiger partial charge on any atom is 0.138 e. The molecule has 1 N–H and O–H groups in total. The van der Waals surface area contributed by atoms with Gasteiger partial charge in [0, 0.05) is 17.8 Å². The third kappa shape index (κ3) is 3.23. The fourth-order valence-electron chi connectivity index (χ4n) is 2.28. The second-order valence-corrected chi connectivity index (χ2v) is 5.99. The minimum Gasteiger partial charge on any atom is -0.369 e. The Morgan fingerprint density at radius 2 is 2.00 bits per heavy atom. The lowest BCUT2D eigenvalue weighted by atomic mass is 10.2. The molecule has 3 aromatic rings. The zero-order valence-corrected chi connectivity index (χ0v) is 12.9. The van der Waals surface area contributed by atoms with Crippen molar-refractivity contribution in [2.45, 2.75) is 19.3 Å². The molecule has 0 aliphatic heterocycles. The van der Waals surface area contributed by atoms with Crippen LogP contribution >= 0.6 is 11.3 Å². The highest BCUT2D eigenvalue weighted by Gasteiger charge is 2.09. The predicted octanol–water partition coefficient (Wildman–Crippen LogP) is 4.46. The first-order chi connectivity index (χ1) is 10.9. The molecular formula is C17H16N4S. The summed E-state index contributed by atoms with van der Waals surface area (Å²) in [6, 6.07) is 14.6. The van der Waals surface area contributed by atoms with E-state index in [0.717, 1.165) is 35.4 Å². The van der Waals surface area contributed by atoms with Gasteiger partial charge in [-0.05, 0) is 24.5 Å². The highest BCUT2D eigenvalue weighted by atomic mass is 32.1. The molecule has 1 aromatic carbocycles. The number of thiophene rings is 1. The molecule has 2 aromatic heterocycles. The molecule has 5 heteroatoms. The van der Waals surface area contributed by atoms with Crippen LogP contribution in [0.1, 0.15) is 19.3 Å². The summed E-state index contributed by atoms with van der Waals surface area (Å²) in [7, 11) is 0. The van der Waals surface area contributed by atoms with Crippen LogP contribution in [-0.4, -0.2) is 16.5 Å². The minimum absolute atomic E-state index is 0.609. The maximum absolute atomic E-state index is 8.55. The summed E-state index contributed by atoms with van der Waals surface area (Å²) < 4.78 is 0. The molecular weight excluding hydrogens is 292 g/mol. The number of hydrogen-bond donors (Lipinski definition) is 1. The van der Waals surface area contributed by atoms with E-state index in [9.17, 15) is 0 Å². The Morgan fingerprint density at radius 3 is 2.82 bits per heavy atom. The number of unbranched alkanes of at least 4 members (excludes halogenated alkanes) is 2. The molecule has 0 amide bonds. The molecule has 0 radical (unpaired) electrons. The lowest BCUT2D eigenvalue weighted by Gasteiger charge is -2.04. The largest absolute Gasteiger partial charge is 0.369 e. The van der Waals surface area contributed by atoms with E-state index in [-0.39, 0.29) is 0 Å². The monoisotopic (exact) mass is 308 g/mol. The van der Waals surface area contributed by atoms with Crippen LogP contribution in [-0.2, 0) is 0 Å². The van der Waals surface area contributed by atoms with Crippen LogP contribution in [0.2, 0.25) is 0 Å². The van der Waals surface area contributed by atoms with Gasteiger partial charge in [-0.1, -0.05) is 30.3 Å². The van der Waals surface area contributed by atoms with Crippen LogP contribution in [0.3, 0.4) is 0 Å². The quantitative estimate of drug-likeness (QED) is 0.683. The van der Waals surface area contributed by atoms with E-state index in [1.807, 2.05) is 18.2 Å². The Labute approximate surface area is 133 Å². The third-order valence-electron chi connectivity index (χ3n) is 3.40. The van der Waals surface area contributed by atoms with Crippen LogP contribution in [0.15, 0.2) is 42.7 Å². The van der Waals surface area contributed by atoms with E-state index in [2.05, 4.69) is 39.6 Å². The number of aromatic nitrogens is 2. The number of nitrogens with zero attached hydrogens (tertiary/aromatic N) is 3. The van der Waals surface area contributed by atoms with Gasteiger partial charge in [-0.3, -0.25) is 0 Å². The van der Waals surface area contributed by atoms with Crippen LogP contribution in [0.5, 0.6) is 0 Å². The summed E-state index contributed by atoms with van der Waals surface area (Å²) in [5.74, 6) is 0.875. The van der Waals surface area contributed by atoms with Gasteiger partial charge in [0.05, 0.1) is 11.5 Å². The molecule has 0 bridgehead atoms. The number of nitrogens with one attached hydrogen (secondary N) is 1. The van der Waals surface area contributed by atoms with E-state index in [1.165, 1.54) is 10.4 Å². The molecule has 0 saturated heterocycles. The zero-order valence-electron chi connectivity index (χ0n) is 12.1. The molecule has 110 valence electrons. The number of fused-ring (bicyclic) bond motifs is 1. The van der Waals surface area contributed by atoms with Crippen molar-refractivity contribution >= 4 is 27.4 Å².